The summed E-state index contributed by atoms with van der Waals surface area (Å²) in [5.74, 6) is -1.55. The molecule has 2 heterocycles. The number of hydrogen-bond donors (Lipinski definition) is 0. The number of benzene rings is 1. The van der Waals surface area contributed by atoms with E-state index in [1.54, 1.807) is 12.1 Å². The van der Waals surface area contributed by atoms with Crippen LogP contribution >= 0.6 is 0 Å². The van der Waals surface area contributed by atoms with Gasteiger partial charge < -0.3 is 19.6 Å². The molecule has 2 aliphatic heterocycles. The maximum Gasteiger partial charge on any atom is 0.312 e. The van der Waals surface area contributed by atoms with Gasteiger partial charge in [0.05, 0.1) is 11.5 Å². The Labute approximate surface area is 177 Å². The lowest BCUT2D eigenvalue weighted by molar-refractivity contribution is -0.153. The molecule has 1 aromatic rings. The Bertz CT molecular complexity index is 867. The highest BCUT2D eigenvalue weighted by Gasteiger charge is 2.38. The van der Waals surface area contributed by atoms with E-state index in [0.29, 0.717) is 45.7 Å². The van der Waals surface area contributed by atoms with Crippen molar-refractivity contribution in [2.24, 2.45) is 0 Å². The standard InChI is InChI=1S/C20H29FN4O4S/c1-22(2)8-13-25(18-7-14-30(28,29)15-18)20(27)19(26)24-11-9-23(10-12-24)17-5-3-16(21)4-6-17/h3-6,18H,7-15H2,1-2H3. The monoisotopic (exact) mass is 440 g/mol. The minimum Gasteiger partial charge on any atom is -0.368 e. The number of halogens is 1. The predicted octanol–water partition coefficient (Wildman–Crippen LogP) is 0.0516. The first-order valence-corrected chi connectivity index (χ1v) is 11.9. The van der Waals surface area contributed by atoms with Gasteiger partial charge >= 0.3 is 11.8 Å². The summed E-state index contributed by atoms with van der Waals surface area (Å²) in [6, 6.07) is 5.73. The first-order chi connectivity index (χ1) is 14.2. The average molecular weight is 441 g/mol. The van der Waals surface area contributed by atoms with Crippen LogP contribution in [0, 0.1) is 5.82 Å². The third-order valence-electron chi connectivity index (χ3n) is 5.64. The number of likely N-dealkylation sites (N-methyl/N-ethyl adjacent to an activating group) is 1. The fraction of sp³-hybridized carbons (Fsp3) is 0.600. The van der Waals surface area contributed by atoms with E-state index < -0.39 is 27.7 Å². The van der Waals surface area contributed by atoms with Gasteiger partial charge in [0.25, 0.3) is 0 Å². The van der Waals surface area contributed by atoms with Crippen LogP contribution in [0.25, 0.3) is 0 Å². The summed E-state index contributed by atoms with van der Waals surface area (Å²) < 4.78 is 36.9. The van der Waals surface area contributed by atoms with Crippen molar-refractivity contribution in [1.29, 1.82) is 0 Å². The lowest BCUT2D eigenvalue weighted by Gasteiger charge is -2.37. The second-order valence-corrected chi connectivity index (χ2v) is 10.3. The Hall–Kier alpha value is -2.20. The Morgan fingerprint density at radius 1 is 1.07 bits per heavy atom. The number of rotatable bonds is 5. The molecule has 1 atom stereocenters. The van der Waals surface area contributed by atoms with Gasteiger partial charge in [-0.1, -0.05) is 0 Å². The van der Waals surface area contributed by atoms with Crippen molar-refractivity contribution < 1.29 is 22.4 Å². The molecular formula is C20H29FN4O4S. The number of sulfone groups is 1. The molecule has 3 rings (SSSR count). The molecule has 2 aliphatic rings. The number of anilines is 1. The number of amides is 2. The van der Waals surface area contributed by atoms with Crippen LogP contribution in [0.2, 0.25) is 0 Å². The van der Waals surface area contributed by atoms with Crippen molar-refractivity contribution in [1.82, 2.24) is 14.7 Å². The van der Waals surface area contributed by atoms with Crippen molar-refractivity contribution in [3.05, 3.63) is 30.1 Å². The quantitative estimate of drug-likeness (QED) is 0.602. The van der Waals surface area contributed by atoms with E-state index in [2.05, 4.69) is 0 Å². The highest BCUT2D eigenvalue weighted by atomic mass is 32.2. The van der Waals surface area contributed by atoms with Crippen LogP contribution in [0.5, 0.6) is 0 Å². The third kappa shape index (κ3) is 5.48. The van der Waals surface area contributed by atoms with Gasteiger partial charge in [0.15, 0.2) is 9.84 Å². The summed E-state index contributed by atoms with van der Waals surface area (Å²) in [7, 11) is 0.561. The van der Waals surface area contributed by atoms with E-state index in [1.807, 2.05) is 23.9 Å². The largest absolute Gasteiger partial charge is 0.368 e. The van der Waals surface area contributed by atoms with Gasteiger partial charge in [-0.2, -0.15) is 0 Å². The summed E-state index contributed by atoms with van der Waals surface area (Å²) in [5, 5.41) is 0. The highest BCUT2D eigenvalue weighted by molar-refractivity contribution is 7.91. The maximum atomic E-state index is 13.1. The Morgan fingerprint density at radius 3 is 2.23 bits per heavy atom. The lowest BCUT2D eigenvalue weighted by Crippen LogP contribution is -2.55. The summed E-state index contributed by atoms with van der Waals surface area (Å²) in [6.45, 7) is 2.71. The first kappa shape index (κ1) is 22.5. The molecule has 0 saturated carbocycles. The van der Waals surface area contributed by atoms with Crippen LogP contribution in [-0.4, -0.2) is 106 Å². The van der Waals surface area contributed by atoms with E-state index in [1.165, 1.54) is 21.9 Å². The molecule has 0 spiro atoms. The zero-order chi connectivity index (χ0) is 21.9. The van der Waals surface area contributed by atoms with Crippen molar-refractivity contribution in [2.75, 3.05) is 69.8 Å². The number of piperazine rings is 1. The maximum absolute atomic E-state index is 13.1. The fourth-order valence-corrected chi connectivity index (χ4v) is 5.59. The second-order valence-electron chi connectivity index (χ2n) is 8.11. The van der Waals surface area contributed by atoms with Gasteiger partial charge in [-0.15, -0.1) is 0 Å². The van der Waals surface area contributed by atoms with Crippen molar-refractivity contribution in [3.8, 4) is 0 Å². The van der Waals surface area contributed by atoms with Gasteiger partial charge in [-0.05, 0) is 44.8 Å². The average Bonchev–Trinajstić information content (AvgIpc) is 3.07. The molecule has 166 valence electrons. The summed E-state index contributed by atoms with van der Waals surface area (Å²) in [5.41, 5.74) is 0.874. The number of carbonyl (C=O) groups excluding carboxylic acids is 2. The molecule has 30 heavy (non-hydrogen) atoms. The molecular weight excluding hydrogens is 411 g/mol. The van der Waals surface area contributed by atoms with Gasteiger partial charge in [0.1, 0.15) is 5.82 Å². The number of nitrogens with zero attached hydrogens (tertiary/aromatic N) is 4. The Morgan fingerprint density at radius 2 is 1.70 bits per heavy atom. The van der Waals surface area contributed by atoms with E-state index in [-0.39, 0.29) is 17.3 Å². The predicted molar refractivity (Wildman–Crippen MR) is 113 cm³/mol. The molecule has 10 heteroatoms. The first-order valence-electron chi connectivity index (χ1n) is 10.1. The molecule has 0 aromatic heterocycles. The van der Waals surface area contributed by atoms with Crippen LogP contribution < -0.4 is 4.90 Å². The molecule has 0 aliphatic carbocycles. The summed E-state index contributed by atoms with van der Waals surface area (Å²) >= 11 is 0. The fourth-order valence-electron chi connectivity index (χ4n) is 3.86. The van der Waals surface area contributed by atoms with E-state index in [0.717, 1.165) is 5.69 Å². The molecule has 0 radical (unpaired) electrons. The Balaban J connectivity index is 1.63. The van der Waals surface area contributed by atoms with E-state index in [4.69, 9.17) is 0 Å². The molecule has 0 bridgehead atoms. The van der Waals surface area contributed by atoms with Crippen molar-refractivity contribution in [3.63, 3.8) is 0 Å². The van der Waals surface area contributed by atoms with Gasteiger partial charge in [-0.3, -0.25) is 9.59 Å². The van der Waals surface area contributed by atoms with Crippen molar-refractivity contribution >= 4 is 27.3 Å². The van der Waals surface area contributed by atoms with Crippen molar-refractivity contribution in [2.45, 2.75) is 12.5 Å². The third-order valence-corrected chi connectivity index (χ3v) is 7.39. The van der Waals surface area contributed by atoms with Crippen LogP contribution in [0.1, 0.15) is 6.42 Å². The van der Waals surface area contributed by atoms with Crippen LogP contribution in [0.3, 0.4) is 0 Å². The molecule has 2 saturated heterocycles. The highest BCUT2D eigenvalue weighted by Crippen LogP contribution is 2.20. The van der Waals surface area contributed by atoms with E-state index >= 15 is 0 Å². The molecule has 1 aromatic carbocycles. The topological polar surface area (TPSA) is 81.2 Å². The smallest absolute Gasteiger partial charge is 0.312 e. The zero-order valence-electron chi connectivity index (χ0n) is 17.5. The van der Waals surface area contributed by atoms with E-state index in [9.17, 15) is 22.4 Å². The molecule has 2 amide bonds. The number of hydrogen-bond acceptors (Lipinski definition) is 6. The Kier molecular flexibility index (Phi) is 6.97. The molecule has 1 unspecified atom stereocenters. The zero-order valence-corrected chi connectivity index (χ0v) is 18.3. The van der Waals surface area contributed by atoms with Gasteiger partial charge in [-0.25, -0.2) is 12.8 Å². The molecule has 2 fully saturated rings. The minimum absolute atomic E-state index is 0.0495. The lowest BCUT2D eigenvalue weighted by atomic mass is 10.2. The van der Waals surface area contributed by atoms with Crippen LogP contribution in [0.15, 0.2) is 24.3 Å². The van der Waals surface area contributed by atoms with Gasteiger partial charge in [0, 0.05) is 51.0 Å². The minimum atomic E-state index is -3.17. The normalized spacial score (nSPS) is 21.1. The molecule has 8 nitrogen and oxygen atoms in total. The van der Waals surface area contributed by atoms with Crippen LogP contribution in [-0.2, 0) is 19.4 Å². The molecule has 0 N–H and O–H groups in total. The summed E-state index contributed by atoms with van der Waals surface area (Å²) in [6.07, 6.45) is 0.368. The number of carbonyl (C=O) groups is 2. The van der Waals surface area contributed by atoms with Gasteiger partial charge in [0.2, 0.25) is 0 Å². The second kappa shape index (κ2) is 9.30. The summed E-state index contributed by atoms with van der Waals surface area (Å²) in [4.78, 5) is 32.8. The van der Waals surface area contributed by atoms with Crippen LogP contribution in [0.4, 0.5) is 10.1 Å². The SMILES string of the molecule is CN(C)CCN(C(=O)C(=O)N1CCN(c2ccc(F)cc2)CC1)C1CCS(=O)(=O)C1.